The van der Waals surface area contributed by atoms with Crippen LogP contribution >= 0.6 is 0 Å². The molecule has 1 heterocycles. The van der Waals surface area contributed by atoms with Crippen LogP contribution in [0.4, 0.5) is 0 Å². The molecule has 0 atom stereocenters. The van der Waals surface area contributed by atoms with Crippen molar-refractivity contribution in [2.75, 3.05) is 7.11 Å². The highest BCUT2D eigenvalue weighted by molar-refractivity contribution is 5.89. The van der Waals surface area contributed by atoms with Gasteiger partial charge in [-0.25, -0.2) is 9.78 Å². The van der Waals surface area contributed by atoms with Gasteiger partial charge >= 0.3 is 5.97 Å². The van der Waals surface area contributed by atoms with E-state index in [1.807, 2.05) is 13.0 Å². The first-order valence-electron chi connectivity index (χ1n) is 8.35. The fourth-order valence-corrected chi connectivity index (χ4v) is 2.58. The van der Waals surface area contributed by atoms with Gasteiger partial charge in [0.2, 0.25) is 0 Å². The van der Waals surface area contributed by atoms with Crippen molar-refractivity contribution in [3.8, 4) is 0 Å². The van der Waals surface area contributed by atoms with Crippen molar-refractivity contribution in [3.63, 3.8) is 0 Å². The minimum Gasteiger partial charge on any atom is -0.465 e. The van der Waals surface area contributed by atoms with Gasteiger partial charge in [0.15, 0.2) is 0 Å². The monoisotopic (exact) mass is 328 g/mol. The minimum atomic E-state index is -0.380. The molecule has 128 valence electrons. The number of rotatable bonds is 7. The van der Waals surface area contributed by atoms with E-state index in [0.29, 0.717) is 12.1 Å². The molecule has 0 N–H and O–H groups in total. The predicted molar refractivity (Wildman–Crippen MR) is 93.4 cm³/mol. The number of esters is 1. The van der Waals surface area contributed by atoms with E-state index in [4.69, 9.17) is 4.74 Å². The highest BCUT2D eigenvalue weighted by atomic mass is 16.5. The molecule has 2 aromatic rings. The molecule has 0 saturated heterocycles. The number of nitrogens with zero attached hydrogens (tertiary/aromatic N) is 2. The number of aromatic nitrogens is 2. The minimum absolute atomic E-state index is 0.0450. The van der Waals surface area contributed by atoms with Crippen molar-refractivity contribution in [1.82, 2.24) is 9.55 Å². The Bertz CT molecular complexity index is 765. The molecule has 5 heteroatoms. The van der Waals surface area contributed by atoms with Crippen molar-refractivity contribution in [2.24, 2.45) is 0 Å². The number of ether oxygens (including phenoxy) is 1. The summed E-state index contributed by atoms with van der Waals surface area (Å²) in [5, 5.41) is 0. The molecule has 1 aromatic heterocycles. The first kappa shape index (κ1) is 17.9. The fraction of sp³-hybridized carbons (Fsp3) is 0.421. The molecular weight excluding hydrogens is 304 g/mol. The maximum Gasteiger partial charge on any atom is 0.337 e. The highest BCUT2D eigenvalue weighted by Gasteiger charge is 2.11. The summed E-state index contributed by atoms with van der Waals surface area (Å²) in [6.07, 6.45) is 3.55. The zero-order valence-corrected chi connectivity index (χ0v) is 14.5. The van der Waals surface area contributed by atoms with E-state index in [1.54, 1.807) is 28.8 Å². The lowest BCUT2D eigenvalue weighted by Gasteiger charge is -2.13. The predicted octanol–water partition coefficient (Wildman–Crippen LogP) is 2.98. The van der Waals surface area contributed by atoms with Crippen molar-refractivity contribution in [1.29, 1.82) is 0 Å². The summed E-state index contributed by atoms with van der Waals surface area (Å²) >= 11 is 0. The van der Waals surface area contributed by atoms with E-state index in [1.165, 1.54) is 7.11 Å². The third-order valence-electron chi connectivity index (χ3n) is 3.95. The molecule has 0 unspecified atom stereocenters. The smallest absolute Gasteiger partial charge is 0.337 e. The Morgan fingerprint density at radius 1 is 1.25 bits per heavy atom. The molecule has 2 rings (SSSR count). The topological polar surface area (TPSA) is 61.2 Å². The van der Waals surface area contributed by atoms with Crippen LogP contribution in [0.5, 0.6) is 0 Å². The quantitative estimate of drug-likeness (QED) is 0.733. The molecule has 0 aliphatic carbocycles. The van der Waals surface area contributed by atoms with Gasteiger partial charge in [-0.2, -0.15) is 0 Å². The van der Waals surface area contributed by atoms with Crippen LogP contribution in [0.15, 0.2) is 35.1 Å². The molecule has 0 fully saturated rings. The van der Waals surface area contributed by atoms with Crippen LogP contribution in [0.3, 0.4) is 0 Å². The molecular formula is C19H24N2O3. The van der Waals surface area contributed by atoms with Crippen LogP contribution in [0, 0.1) is 0 Å². The van der Waals surface area contributed by atoms with Crippen molar-refractivity contribution >= 4 is 5.97 Å². The van der Waals surface area contributed by atoms with E-state index >= 15 is 0 Å². The van der Waals surface area contributed by atoms with Crippen LogP contribution in [0.2, 0.25) is 0 Å². The number of carbonyl (C=O) groups is 1. The van der Waals surface area contributed by atoms with E-state index in [2.05, 4.69) is 11.9 Å². The zero-order valence-electron chi connectivity index (χ0n) is 14.5. The van der Waals surface area contributed by atoms with Gasteiger partial charge < -0.3 is 4.74 Å². The lowest BCUT2D eigenvalue weighted by atomic mass is 10.1. The molecule has 24 heavy (non-hydrogen) atoms. The number of hydrogen-bond acceptors (Lipinski definition) is 4. The van der Waals surface area contributed by atoms with E-state index in [9.17, 15) is 9.59 Å². The number of aryl methyl sites for hydroxylation is 2. The Hall–Kier alpha value is -2.43. The first-order valence-corrected chi connectivity index (χ1v) is 8.35. The maximum absolute atomic E-state index is 12.5. The SMILES string of the molecule is CCCCc1nc(CC)cc(=O)n1Cc1cccc(C(=O)OC)c1. The number of methoxy groups -OCH3 is 1. The second-order valence-corrected chi connectivity index (χ2v) is 5.74. The summed E-state index contributed by atoms with van der Waals surface area (Å²) in [5.41, 5.74) is 2.14. The summed E-state index contributed by atoms with van der Waals surface area (Å²) in [6, 6.07) is 8.76. The van der Waals surface area contributed by atoms with Crippen LogP contribution in [-0.2, 0) is 24.1 Å². The maximum atomic E-state index is 12.5. The molecule has 0 amide bonds. The zero-order chi connectivity index (χ0) is 17.5. The third kappa shape index (κ3) is 4.31. The second kappa shape index (κ2) is 8.43. The fourth-order valence-electron chi connectivity index (χ4n) is 2.58. The van der Waals surface area contributed by atoms with Gasteiger partial charge in [0.05, 0.1) is 19.2 Å². The van der Waals surface area contributed by atoms with Gasteiger partial charge in [-0.05, 0) is 30.5 Å². The average Bonchev–Trinajstić information content (AvgIpc) is 2.61. The summed E-state index contributed by atoms with van der Waals surface area (Å²) in [4.78, 5) is 28.8. The lowest BCUT2D eigenvalue weighted by Crippen LogP contribution is -2.26. The van der Waals surface area contributed by atoms with Crippen LogP contribution in [0.25, 0.3) is 0 Å². The summed E-state index contributed by atoms with van der Waals surface area (Å²) in [6.45, 7) is 4.52. The second-order valence-electron chi connectivity index (χ2n) is 5.74. The van der Waals surface area contributed by atoms with E-state index < -0.39 is 0 Å². The van der Waals surface area contributed by atoms with E-state index in [-0.39, 0.29) is 11.5 Å². The van der Waals surface area contributed by atoms with Gasteiger partial charge in [-0.15, -0.1) is 0 Å². The third-order valence-corrected chi connectivity index (χ3v) is 3.95. The van der Waals surface area contributed by atoms with Gasteiger partial charge in [0.1, 0.15) is 5.82 Å². The molecule has 0 spiro atoms. The van der Waals surface area contributed by atoms with Crippen molar-refractivity contribution in [2.45, 2.75) is 46.1 Å². The molecule has 0 saturated carbocycles. The summed E-state index contributed by atoms with van der Waals surface area (Å²) in [7, 11) is 1.36. The molecule has 5 nitrogen and oxygen atoms in total. The molecule has 0 aliphatic rings. The van der Waals surface area contributed by atoms with E-state index in [0.717, 1.165) is 42.8 Å². The van der Waals surface area contributed by atoms with Gasteiger partial charge in [0.25, 0.3) is 5.56 Å². The van der Waals surface area contributed by atoms with Crippen LogP contribution < -0.4 is 5.56 Å². The number of hydrogen-bond donors (Lipinski definition) is 0. The normalized spacial score (nSPS) is 10.6. The molecule has 1 aromatic carbocycles. The Morgan fingerprint density at radius 2 is 2.04 bits per heavy atom. The number of carbonyl (C=O) groups excluding carboxylic acids is 1. The average molecular weight is 328 g/mol. The summed E-state index contributed by atoms with van der Waals surface area (Å²) in [5.74, 6) is 0.430. The molecule has 0 aliphatic heterocycles. The standard InChI is InChI=1S/C19H24N2O3/c1-4-6-10-17-20-16(5-2)12-18(22)21(17)13-14-8-7-9-15(11-14)19(23)24-3/h7-9,11-12H,4-6,10,13H2,1-3H3. The Balaban J connectivity index is 2.38. The first-order chi connectivity index (χ1) is 11.6. The lowest BCUT2D eigenvalue weighted by molar-refractivity contribution is 0.0600. The Labute approximate surface area is 142 Å². The van der Waals surface area contributed by atoms with Crippen molar-refractivity contribution < 1.29 is 9.53 Å². The Kier molecular flexibility index (Phi) is 6.29. The molecule has 0 radical (unpaired) electrons. The molecule has 0 bridgehead atoms. The highest BCUT2D eigenvalue weighted by Crippen LogP contribution is 2.10. The van der Waals surface area contributed by atoms with Gasteiger partial charge in [-0.3, -0.25) is 9.36 Å². The van der Waals surface area contributed by atoms with Crippen LogP contribution in [0.1, 0.15) is 54.1 Å². The number of benzene rings is 1. The van der Waals surface area contributed by atoms with Gasteiger partial charge in [0, 0.05) is 18.2 Å². The van der Waals surface area contributed by atoms with Crippen LogP contribution in [-0.4, -0.2) is 22.6 Å². The largest absolute Gasteiger partial charge is 0.465 e. The van der Waals surface area contributed by atoms with Crippen molar-refractivity contribution in [3.05, 3.63) is 63.3 Å². The number of unbranched alkanes of at least 4 members (excludes halogenated alkanes) is 1. The Morgan fingerprint density at radius 3 is 2.71 bits per heavy atom. The summed E-state index contributed by atoms with van der Waals surface area (Å²) < 4.78 is 6.45. The van der Waals surface area contributed by atoms with Gasteiger partial charge in [-0.1, -0.05) is 32.4 Å².